The lowest BCUT2D eigenvalue weighted by Gasteiger charge is -2.28. The summed E-state index contributed by atoms with van der Waals surface area (Å²) in [7, 11) is 0. The highest BCUT2D eigenvalue weighted by Gasteiger charge is 2.40. The van der Waals surface area contributed by atoms with E-state index < -0.39 is 0 Å². The van der Waals surface area contributed by atoms with E-state index in [1.807, 2.05) is 18.3 Å². The molecule has 0 aromatic carbocycles. The van der Waals surface area contributed by atoms with Crippen LogP contribution in [0.5, 0.6) is 0 Å². The first kappa shape index (κ1) is 16.0. The van der Waals surface area contributed by atoms with Gasteiger partial charge in [0, 0.05) is 31.2 Å². The zero-order valence-electron chi connectivity index (χ0n) is 13.8. The van der Waals surface area contributed by atoms with Crippen LogP contribution in [-0.4, -0.2) is 26.1 Å². The summed E-state index contributed by atoms with van der Waals surface area (Å²) in [6.07, 6.45) is 6.30. The molecule has 2 aromatic rings. The van der Waals surface area contributed by atoms with Crippen molar-refractivity contribution in [1.29, 1.82) is 0 Å². The summed E-state index contributed by atoms with van der Waals surface area (Å²) < 4.78 is 2.30. The van der Waals surface area contributed by atoms with E-state index >= 15 is 0 Å². The minimum Gasteiger partial charge on any atom is -0.352 e. The lowest BCUT2D eigenvalue weighted by molar-refractivity contribution is 0.299. The van der Waals surface area contributed by atoms with E-state index in [2.05, 4.69) is 58.0 Å². The van der Waals surface area contributed by atoms with Crippen LogP contribution in [0, 0.1) is 0 Å². The van der Waals surface area contributed by atoms with E-state index in [0.717, 1.165) is 36.7 Å². The Morgan fingerprint density at radius 3 is 2.78 bits per heavy atom. The molecule has 0 amide bonds. The van der Waals surface area contributed by atoms with Gasteiger partial charge >= 0.3 is 0 Å². The van der Waals surface area contributed by atoms with Crippen molar-refractivity contribution in [2.75, 3.05) is 6.54 Å². The lowest BCUT2D eigenvalue weighted by Crippen LogP contribution is -2.31. The summed E-state index contributed by atoms with van der Waals surface area (Å²) >= 11 is 5.64. The molecule has 2 aromatic heterocycles. The third-order valence-electron chi connectivity index (χ3n) is 4.46. The number of rotatable bonds is 6. The van der Waals surface area contributed by atoms with Gasteiger partial charge in [-0.3, -0.25) is 4.98 Å². The maximum Gasteiger partial charge on any atom is 0.170 e. The highest BCUT2D eigenvalue weighted by Crippen LogP contribution is 2.38. The van der Waals surface area contributed by atoms with Gasteiger partial charge in [0.15, 0.2) is 5.11 Å². The maximum absolute atomic E-state index is 5.64. The highest BCUT2D eigenvalue weighted by molar-refractivity contribution is 7.80. The number of nitrogens with one attached hydrogen (secondary N) is 1. The summed E-state index contributed by atoms with van der Waals surface area (Å²) in [4.78, 5) is 6.90. The minimum atomic E-state index is 0.0979. The molecule has 0 bridgehead atoms. The molecule has 3 heterocycles. The normalized spacial score (nSPS) is 20.8. The molecule has 5 heteroatoms. The Bertz CT molecular complexity index is 652. The molecule has 1 fully saturated rings. The molecule has 1 aliphatic heterocycles. The molecule has 0 saturated carbocycles. The van der Waals surface area contributed by atoms with Gasteiger partial charge in [-0.2, -0.15) is 0 Å². The van der Waals surface area contributed by atoms with Gasteiger partial charge in [0.25, 0.3) is 0 Å². The number of hydrogen-bond donors (Lipinski definition) is 1. The summed E-state index contributed by atoms with van der Waals surface area (Å²) in [5.41, 5.74) is 2.34. The molecule has 0 spiro atoms. The molecule has 0 radical (unpaired) electrons. The SMILES string of the molecule is CCCCN1C(=S)N[C@@H](c2ccccn2)[C@@H]1c1cccn1CC. The molecular formula is C18H24N4S. The van der Waals surface area contributed by atoms with Crippen LogP contribution in [0.1, 0.15) is 50.2 Å². The fraction of sp³-hybridized carbons (Fsp3) is 0.444. The van der Waals surface area contributed by atoms with Gasteiger partial charge in [-0.1, -0.05) is 19.4 Å². The number of thiocarbonyl (C=S) groups is 1. The van der Waals surface area contributed by atoms with E-state index in [1.54, 1.807) is 0 Å². The molecule has 1 saturated heterocycles. The molecule has 23 heavy (non-hydrogen) atoms. The average Bonchev–Trinajstić information content (AvgIpc) is 3.17. The fourth-order valence-corrected chi connectivity index (χ4v) is 3.61. The zero-order chi connectivity index (χ0) is 16.2. The van der Waals surface area contributed by atoms with Gasteiger partial charge in [0.1, 0.15) is 0 Å². The second kappa shape index (κ2) is 7.13. The zero-order valence-corrected chi connectivity index (χ0v) is 14.6. The Morgan fingerprint density at radius 2 is 2.09 bits per heavy atom. The molecule has 3 rings (SSSR count). The minimum absolute atomic E-state index is 0.0979. The Hall–Kier alpha value is -1.88. The van der Waals surface area contributed by atoms with Crippen molar-refractivity contribution >= 4 is 17.3 Å². The molecule has 4 nitrogen and oxygen atoms in total. The quantitative estimate of drug-likeness (QED) is 0.820. The summed E-state index contributed by atoms with van der Waals surface area (Å²) in [5, 5.41) is 4.34. The van der Waals surface area contributed by atoms with Crippen LogP contribution in [0.2, 0.25) is 0 Å². The van der Waals surface area contributed by atoms with Crippen LogP contribution < -0.4 is 5.32 Å². The van der Waals surface area contributed by atoms with E-state index in [0.29, 0.717) is 0 Å². The maximum atomic E-state index is 5.64. The Kier molecular flexibility index (Phi) is 4.96. The molecule has 1 N–H and O–H groups in total. The fourth-order valence-electron chi connectivity index (χ4n) is 3.28. The number of aromatic nitrogens is 2. The third kappa shape index (κ3) is 3.11. The van der Waals surface area contributed by atoms with Crippen LogP contribution in [0.4, 0.5) is 0 Å². The first-order valence-corrected chi connectivity index (χ1v) is 8.80. The molecule has 2 atom stereocenters. The van der Waals surface area contributed by atoms with E-state index in [1.165, 1.54) is 5.69 Å². The standard InChI is InChI=1S/C18H24N4S/c1-3-5-13-22-17(15-10-8-12-21(15)4-2)16(20-18(22)23)14-9-6-7-11-19-14/h6-12,16-17H,3-5,13H2,1-2H3,(H,20,23)/t16-,17-/m0/s1. The lowest BCUT2D eigenvalue weighted by atomic mass is 10.0. The van der Waals surface area contributed by atoms with E-state index in [-0.39, 0.29) is 12.1 Å². The first-order valence-electron chi connectivity index (χ1n) is 8.39. The number of nitrogens with zero attached hydrogens (tertiary/aromatic N) is 3. The summed E-state index contributed by atoms with van der Waals surface area (Å²) in [6, 6.07) is 10.7. The van der Waals surface area contributed by atoms with Crippen molar-refractivity contribution in [1.82, 2.24) is 19.8 Å². The van der Waals surface area contributed by atoms with Crippen LogP contribution in [0.15, 0.2) is 42.7 Å². The molecule has 1 aliphatic rings. The second-order valence-corrected chi connectivity index (χ2v) is 6.28. The number of pyridine rings is 1. The third-order valence-corrected chi connectivity index (χ3v) is 4.81. The first-order chi connectivity index (χ1) is 11.3. The largest absolute Gasteiger partial charge is 0.352 e. The number of unbranched alkanes of at least 4 members (excludes halogenated alkanes) is 1. The second-order valence-electron chi connectivity index (χ2n) is 5.89. The van der Waals surface area contributed by atoms with Crippen LogP contribution in [0.3, 0.4) is 0 Å². The van der Waals surface area contributed by atoms with Crippen molar-refractivity contribution in [3.8, 4) is 0 Å². The monoisotopic (exact) mass is 328 g/mol. The van der Waals surface area contributed by atoms with E-state index in [9.17, 15) is 0 Å². The van der Waals surface area contributed by atoms with Gasteiger partial charge in [-0.15, -0.1) is 0 Å². The Labute approximate surface area is 143 Å². The molecular weight excluding hydrogens is 304 g/mol. The summed E-state index contributed by atoms with van der Waals surface area (Å²) in [6.45, 7) is 6.33. The van der Waals surface area contributed by atoms with Crippen molar-refractivity contribution in [2.45, 2.75) is 45.3 Å². The van der Waals surface area contributed by atoms with Crippen LogP contribution in [0.25, 0.3) is 0 Å². The molecule has 122 valence electrons. The topological polar surface area (TPSA) is 33.1 Å². The van der Waals surface area contributed by atoms with Gasteiger partial charge < -0.3 is 14.8 Å². The van der Waals surface area contributed by atoms with Crippen molar-refractivity contribution in [2.24, 2.45) is 0 Å². The van der Waals surface area contributed by atoms with Gasteiger partial charge in [0.05, 0.1) is 17.8 Å². The van der Waals surface area contributed by atoms with Crippen molar-refractivity contribution in [3.05, 3.63) is 54.1 Å². The van der Waals surface area contributed by atoms with Gasteiger partial charge in [-0.25, -0.2) is 0 Å². The van der Waals surface area contributed by atoms with Gasteiger partial charge in [-0.05, 0) is 49.8 Å². The Balaban J connectivity index is 2.00. The number of hydrogen-bond acceptors (Lipinski definition) is 2. The van der Waals surface area contributed by atoms with Crippen LogP contribution in [-0.2, 0) is 6.54 Å². The predicted molar refractivity (Wildman–Crippen MR) is 97.2 cm³/mol. The van der Waals surface area contributed by atoms with Crippen molar-refractivity contribution < 1.29 is 0 Å². The predicted octanol–water partition coefficient (Wildman–Crippen LogP) is 3.68. The van der Waals surface area contributed by atoms with E-state index in [4.69, 9.17) is 12.2 Å². The van der Waals surface area contributed by atoms with Crippen LogP contribution >= 0.6 is 12.2 Å². The average molecular weight is 328 g/mol. The highest BCUT2D eigenvalue weighted by atomic mass is 32.1. The molecule has 0 aliphatic carbocycles. The van der Waals surface area contributed by atoms with Gasteiger partial charge in [0.2, 0.25) is 0 Å². The summed E-state index contributed by atoms with van der Waals surface area (Å²) in [5.74, 6) is 0. The Morgan fingerprint density at radius 1 is 1.22 bits per heavy atom. The van der Waals surface area contributed by atoms with Crippen molar-refractivity contribution in [3.63, 3.8) is 0 Å². The smallest absolute Gasteiger partial charge is 0.170 e. The number of aryl methyl sites for hydroxylation is 1. The molecule has 0 unspecified atom stereocenters.